The molecule has 2 heterocycles. The van der Waals surface area contributed by atoms with E-state index < -0.39 is 0 Å². The molecule has 0 atom stereocenters. The van der Waals surface area contributed by atoms with Crippen LogP contribution in [0.25, 0.3) is 10.4 Å². The predicted molar refractivity (Wildman–Crippen MR) is 85.7 cm³/mol. The standard InChI is InChI=1S/C17H19NO2S/c1-13(19)18-9-7-15(8-10-18)20-16-5-2-4-14(12-16)17-6-3-11-21-17/h2-6,11-12,15H,7-10H2,1H3. The van der Waals surface area contributed by atoms with Gasteiger partial charge >= 0.3 is 0 Å². The molecule has 0 radical (unpaired) electrons. The second-order valence-electron chi connectivity index (χ2n) is 5.33. The topological polar surface area (TPSA) is 29.5 Å². The van der Waals surface area contributed by atoms with Gasteiger partial charge in [0.2, 0.25) is 5.91 Å². The van der Waals surface area contributed by atoms with Crippen LogP contribution < -0.4 is 4.74 Å². The highest BCUT2D eigenvalue weighted by Crippen LogP contribution is 2.28. The van der Waals surface area contributed by atoms with Crippen molar-refractivity contribution in [3.05, 3.63) is 41.8 Å². The Labute approximate surface area is 129 Å². The molecule has 1 aliphatic heterocycles. The number of hydrogen-bond donors (Lipinski definition) is 0. The molecule has 1 aromatic carbocycles. The van der Waals surface area contributed by atoms with E-state index in [-0.39, 0.29) is 12.0 Å². The van der Waals surface area contributed by atoms with Crippen LogP contribution >= 0.6 is 11.3 Å². The van der Waals surface area contributed by atoms with Gasteiger partial charge in [-0.3, -0.25) is 4.79 Å². The molecule has 3 rings (SSSR count). The van der Waals surface area contributed by atoms with Crippen molar-refractivity contribution in [2.75, 3.05) is 13.1 Å². The lowest BCUT2D eigenvalue weighted by Crippen LogP contribution is -2.40. The molecule has 1 aromatic heterocycles. The summed E-state index contributed by atoms with van der Waals surface area (Å²) in [5, 5.41) is 2.08. The zero-order valence-corrected chi connectivity index (χ0v) is 12.9. The first-order valence-electron chi connectivity index (χ1n) is 7.28. The monoisotopic (exact) mass is 301 g/mol. The fourth-order valence-electron chi connectivity index (χ4n) is 2.65. The lowest BCUT2D eigenvalue weighted by molar-refractivity contribution is -0.130. The molecule has 1 fully saturated rings. The average molecular weight is 301 g/mol. The summed E-state index contributed by atoms with van der Waals surface area (Å²) in [4.78, 5) is 14.5. The van der Waals surface area contributed by atoms with Crippen LogP contribution in [0.4, 0.5) is 0 Å². The molecule has 0 N–H and O–H groups in total. The van der Waals surface area contributed by atoms with Crippen LogP contribution in [-0.2, 0) is 4.79 Å². The second kappa shape index (κ2) is 6.31. The largest absolute Gasteiger partial charge is 0.490 e. The van der Waals surface area contributed by atoms with Crippen molar-refractivity contribution < 1.29 is 9.53 Å². The van der Waals surface area contributed by atoms with E-state index in [2.05, 4.69) is 29.6 Å². The van der Waals surface area contributed by atoms with Gasteiger partial charge in [0.15, 0.2) is 0 Å². The zero-order valence-electron chi connectivity index (χ0n) is 12.1. The highest BCUT2D eigenvalue weighted by molar-refractivity contribution is 7.13. The van der Waals surface area contributed by atoms with Crippen LogP contribution in [0.2, 0.25) is 0 Å². The van der Waals surface area contributed by atoms with Gasteiger partial charge in [0.1, 0.15) is 11.9 Å². The Bertz CT molecular complexity index is 601. The number of amides is 1. The van der Waals surface area contributed by atoms with Crippen molar-refractivity contribution in [3.63, 3.8) is 0 Å². The van der Waals surface area contributed by atoms with E-state index in [1.54, 1.807) is 18.3 Å². The quantitative estimate of drug-likeness (QED) is 0.863. The highest BCUT2D eigenvalue weighted by Gasteiger charge is 2.21. The summed E-state index contributed by atoms with van der Waals surface area (Å²) >= 11 is 1.73. The molecular weight excluding hydrogens is 282 g/mol. The number of piperidine rings is 1. The minimum atomic E-state index is 0.160. The molecule has 0 spiro atoms. The Kier molecular flexibility index (Phi) is 4.25. The zero-order chi connectivity index (χ0) is 14.7. The predicted octanol–water partition coefficient (Wildman–Crippen LogP) is 3.80. The first-order chi connectivity index (χ1) is 10.2. The van der Waals surface area contributed by atoms with Gasteiger partial charge in [-0.15, -0.1) is 11.3 Å². The summed E-state index contributed by atoms with van der Waals surface area (Å²) in [6.45, 7) is 3.22. The van der Waals surface area contributed by atoms with Gasteiger partial charge in [0.05, 0.1) is 0 Å². The van der Waals surface area contributed by atoms with Crippen LogP contribution in [0, 0.1) is 0 Å². The fraction of sp³-hybridized carbons (Fsp3) is 0.353. The first-order valence-corrected chi connectivity index (χ1v) is 8.16. The molecular formula is C17H19NO2S. The van der Waals surface area contributed by atoms with Crippen LogP contribution in [0.5, 0.6) is 5.75 Å². The molecule has 21 heavy (non-hydrogen) atoms. The maximum atomic E-state index is 11.3. The van der Waals surface area contributed by atoms with E-state index in [9.17, 15) is 4.79 Å². The van der Waals surface area contributed by atoms with Gasteiger partial charge in [-0.1, -0.05) is 18.2 Å². The van der Waals surface area contributed by atoms with Crippen molar-refractivity contribution in [2.24, 2.45) is 0 Å². The number of benzene rings is 1. The maximum Gasteiger partial charge on any atom is 0.219 e. The van der Waals surface area contributed by atoms with E-state index in [0.717, 1.165) is 31.7 Å². The number of likely N-dealkylation sites (tertiary alicyclic amines) is 1. The Balaban J connectivity index is 1.64. The van der Waals surface area contributed by atoms with Crippen molar-refractivity contribution in [1.29, 1.82) is 0 Å². The number of ether oxygens (including phenoxy) is 1. The Morgan fingerprint density at radius 3 is 2.71 bits per heavy atom. The van der Waals surface area contributed by atoms with Crippen molar-refractivity contribution in [2.45, 2.75) is 25.9 Å². The third-order valence-corrected chi connectivity index (χ3v) is 4.75. The smallest absolute Gasteiger partial charge is 0.219 e. The van der Waals surface area contributed by atoms with Gasteiger partial charge in [-0.2, -0.15) is 0 Å². The number of thiophene rings is 1. The number of nitrogens with zero attached hydrogens (tertiary/aromatic N) is 1. The van der Waals surface area contributed by atoms with E-state index in [0.29, 0.717) is 0 Å². The van der Waals surface area contributed by atoms with Gasteiger partial charge in [0, 0.05) is 37.7 Å². The van der Waals surface area contributed by atoms with Gasteiger partial charge < -0.3 is 9.64 Å². The normalized spacial score (nSPS) is 16.0. The van der Waals surface area contributed by atoms with E-state index in [1.165, 1.54) is 10.4 Å². The van der Waals surface area contributed by atoms with Crippen molar-refractivity contribution in [1.82, 2.24) is 4.90 Å². The van der Waals surface area contributed by atoms with Crippen molar-refractivity contribution in [3.8, 4) is 16.2 Å². The third-order valence-electron chi connectivity index (χ3n) is 3.83. The fourth-order valence-corrected chi connectivity index (χ4v) is 3.37. The minimum Gasteiger partial charge on any atom is -0.490 e. The van der Waals surface area contributed by atoms with Crippen LogP contribution in [0.15, 0.2) is 41.8 Å². The molecule has 3 nitrogen and oxygen atoms in total. The summed E-state index contributed by atoms with van der Waals surface area (Å²) in [6, 6.07) is 12.4. The summed E-state index contributed by atoms with van der Waals surface area (Å²) in [5.74, 6) is 1.08. The molecule has 1 saturated heterocycles. The summed E-state index contributed by atoms with van der Waals surface area (Å²) < 4.78 is 6.09. The maximum absolute atomic E-state index is 11.3. The average Bonchev–Trinajstić information content (AvgIpc) is 3.02. The molecule has 0 aliphatic carbocycles. The molecule has 110 valence electrons. The Hall–Kier alpha value is -1.81. The third kappa shape index (κ3) is 3.45. The molecule has 0 unspecified atom stereocenters. The second-order valence-corrected chi connectivity index (χ2v) is 6.28. The Morgan fingerprint density at radius 1 is 1.24 bits per heavy atom. The summed E-state index contributed by atoms with van der Waals surface area (Å²) in [7, 11) is 0. The lowest BCUT2D eigenvalue weighted by atomic mass is 10.1. The van der Waals surface area contributed by atoms with Gasteiger partial charge in [0.25, 0.3) is 0 Å². The van der Waals surface area contributed by atoms with Crippen molar-refractivity contribution >= 4 is 17.2 Å². The highest BCUT2D eigenvalue weighted by atomic mass is 32.1. The molecule has 0 saturated carbocycles. The lowest BCUT2D eigenvalue weighted by Gasteiger charge is -2.31. The summed E-state index contributed by atoms with van der Waals surface area (Å²) in [6.07, 6.45) is 2.02. The van der Waals surface area contributed by atoms with Gasteiger partial charge in [-0.25, -0.2) is 0 Å². The molecule has 0 bridgehead atoms. The van der Waals surface area contributed by atoms with Gasteiger partial charge in [-0.05, 0) is 29.1 Å². The number of carbonyl (C=O) groups is 1. The van der Waals surface area contributed by atoms with Crippen LogP contribution in [-0.4, -0.2) is 30.0 Å². The van der Waals surface area contributed by atoms with E-state index in [1.807, 2.05) is 17.0 Å². The van der Waals surface area contributed by atoms with E-state index >= 15 is 0 Å². The molecule has 1 aliphatic rings. The number of rotatable bonds is 3. The molecule has 1 amide bonds. The van der Waals surface area contributed by atoms with E-state index in [4.69, 9.17) is 4.74 Å². The SMILES string of the molecule is CC(=O)N1CCC(Oc2cccc(-c3cccs3)c2)CC1. The number of carbonyl (C=O) groups excluding carboxylic acids is 1. The molecule has 2 aromatic rings. The van der Waals surface area contributed by atoms with Crippen LogP contribution in [0.1, 0.15) is 19.8 Å². The molecule has 4 heteroatoms. The first kappa shape index (κ1) is 14.1. The Morgan fingerprint density at radius 2 is 2.05 bits per heavy atom. The summed E-state index contributed by atoms with van der Waals surface area (Å²) in [5.41, 5.74) is 1.20. The van der Waals surface area contributed by atoms with Crippen LogP contribution in [0.3, 0.4) is 0 Å². The minimum absolute atomic E-state index is 0.160. The number of hydrogen-bond acceptors (Lipinski definition) is 3.